The predicted octanol–water partition coefficient (Wildman–Crippen LogP) is 6.17. The highest BCUT2D eigenvalue weighted by molar-refractivity contribution is 6.42. The number of nitrogens with zero attached hydrogens (tertiary/aromatic N) is 2. The minimum Gasteiger partial charge on any atom is -0.493 e. The molecule has 5 rings (SSSR count). The average molecular weight is 655 g/mol. The SMILES string of the molecule is CCOc1cc(C(=O)N2CCC(C(C)N3CCC(C(N)=O)(c4ccccc4)C(c4ccc(Cl)c(Cl)c4)C3)C2)cc(OC)c1OC. The average Bonchev–Trinajstić information content (AvgIpc) is 3.55. The van der Waals surface area contributed by atoms with E-state index in [0.29, 0.717) is 72.1 Å². The minimum atomic E-state index is -0.905. The summed E-state index contributed by atoms with van der Waals surface area (Å²) in [5, 5.41) is 0.905. The second-order valence-corrected chi connectivity index (χ2v) is 12.7. The van der Waals surface area contributed by atoms with Crippen molar-refractivity contribution in [3.63, 3.8) is 0 Å². The summed E-state index contributed by atoms with van der Waals surface area (Å²) in [7, 11) is 3.10. The summed E-state index contributed by atoms with van der Waals surface area (Å²) in [5.41, 5.74) is 7.68. The number of ether oxygens (including phenoxy) is 3. The fourth-order valence-electron chi connectivity index (χ4n) is 7.14. The third-order valence-electron chi connectivity index (χ3n) is 9.64. The number of benzene rings is 3. The molecule has 0 saturated carbocycles. The van der Waals surface area contributed by atoms with Crippen molar-refractivity contribution < 1.29 is 23.8 Å². The molecule has 3 aromatic carbocycles. The highest BCUT2D eigenvalue weighted by atomic mass is 35.5. The Bertz CT molecular complexity index is 1540. The standard InChI is InChI=1S/C35H41Cl2N3O5/c1-5-45-31-19-25(18-30(43-3)32(31)44-4)33(41)40-15-13-24(20-40)22(2)39-16-14-35(34(38)42,26-9-7-6-8-10-26)27(21-39)23-11-12-28(36)29(37)17-23/h6-12,17-19,22,24,27H,5,13-16,20-21H2,1-4H3,(H2,38,42). The summed E-state index contributed by atoms with van der Waals surface area (Å²) in [6.45, 7) is 7.09. The maximum absolute atomic E-state index is 13.7. The zero-order chi connectivity index (χ0) is 32.3. The minimum absolute atomic E-state index is 0.0734. The topological polar surface area (TPSA) is 94.3 Å². The molecule has 4 unspecified atom stereocenters. The normalized spacial score (nSPS) is 22.6. The van der Waals surface area contributed by atoms with Crippen molar-refractivity contribution in [2.45, 2.75) is 44.1 Å². The van der Waals surface area contributed by atoms with Crippen molar-refractivity contribution in [1.29, 1.82) is 0 Å². The van der Waals surface area contributed by atoms with Crippen molar-refractivity contribution in [3.05, 3.63) is 87.4 Å². The van der Waals surface area contributed by atoms with E-state index in [-0.39, 0.29) is 29.7 Å². The van der Waals surface area contributed by atoms with Gasteiger partial charge in [-0.15, -0.1) is 0 Å². The molecule has 2 aliphatic rings. The molecule has 45 heavy (non-hydrogen) atoms. The van der Waals surface area contributed by atoms with Gasteiger partial charge in [-0.2, -0.15) is 0 Å². The Labute approximate surface area is 275 Å². The quantitative estimate of drug-likeness (QED) is 0.281. The lowest BCUT2D eigenvalue weighted by Crippen LogP contribution is -2.57. The van der Waals surface area contributed by atoms with Crippen molar-refractivity contribution in [2.75, 3.05) is 47.0 Å². The molecule has 0 aliphatic carbocycles. The van der Waals surface area contributed by atoms with Crippen LogP contribution in [-0.4, -0.2) is 74.7 Å². The van der Waals surface area contributed by atoms with Crippen molar-refractivity contribution in [3.8, 4) is 17.2 Å². The van der Waals surface area contributed by atoms with Gasteiger partial charge in [-0.1, -0.05) is 59.6 Å². The van der Waals surface area contributed by atoms with E-state index in [0.717, 1.165) is 17.5 Å². The van der Waals surface area contributed by atoms with E-state index in [9.17, 15) is 9.59 Å². The molecule has 0 aromatic heterocycles. The number of hydrogen-bond acceptors (Lipinski definition) is 6. The molecule has 240 valence electrons. The Kier molecular flexibility index (Phi) is 10.2. The summed E-state index contributed by atoms with van der Waals surface area (Å²) in [5.74, 6) is 0.970. The van der Waals surface area contributed by atoms with E-state index >= 15 is 0 Å². The number of methoxy groups -OCH3 is 2. The monoisotopic (exact) mass is 653 g/mol. The van der Waals surface area contributed by atoms with Crippen LogP contribution in [0.25, 0.3) is 0 Å². The van der Waals surface area contributed by atoms with Gasteiger partial charge in [0.25, 0.3) is 5.91 Å². The Balaban J connectivity index is 1.39. The van der Waals surface area contributed by atoms with Gasteiger partial charge >= 0.3 is 0 Å². The van der Waals surface area contributed by atoms with Crippen LogP contribution < -0.4 is 19.9 Å². The van der Waals surface area contributed by atoms with Gasteiger partial charge in [0.05, 0.1) is 36.3 Å². The fourth-order valence-corrected chi connectivity index (χ4v) is 7.45. The molecule has 0 radical (unpaired) electrons. The molecule has 0 bridgehead atoms. The van der Waals surface area contributed by atoms with Crippen LogP contribution in [0.15, 0.2) is 60.7 Å². The van der Waals surface area contributed by atoms with Gasteiger partial charge in [-0.25, -0.2) is 0 Å². The van der Waals surface area contributed by atoms with Gasteiger partial charge in [-0.3, -0.25) is 14.5 Å². The first kappa shape index (κ1) is 32.9. The number of nitrogens with two attached hydrogens (primary N) is 1. The lowest BCUT2D eigenvalue weighted by Gasteiger charge is -2.49. The molecule has 0 spiro atoms. The largest absolute Gasteiger partial charge is 0.493 e. The highest BCUT2D eigenvalue weighted by Crippen LogP contribution is 2.47. The number of amides is 2. The fraction of sp³-hybridized carbons (Fsp3) is 0.429. The van der Waals surface area contributed by atoms with Gasteiger partial charge in [-0.05, 0) is 74.5 Å². The summed E-state index contributed by atoms with van der Waals surface area (Å²) < 4.78 is 16.8. The van der Waals surface area contributed by atoms with Gasteiger partial charge < -0.3 is 24.8 Å². The predicted molar refractivity (Wildman–Crippen MR) is 177 cm³/mol. The first-order valence-corrected chi connectivity index (χ1v) is 16.1. The molecule has 2 aliphatic heterocycles. The Morgan fingerprint density at radius 1 is 0.978 bits per heavy atom. The number of primary amides is 1. The summed E-state index contributed by atoms with van der Waals surface area (Å²) >= 11 is 12.8. The van der Waals surface area contributed by atoms with Crippen LogP contribution in [0.1, 0.15) is 54.1 Å². The van der Waals surface area contributed by atoms with Crippen LogP contribution in [-0.2, 0) is 10.2 Å². The number of hydrogen-bond donors (Lipinski definition) is 1. The molecule has 2 saturated heterocycles. The molecule has 2 heterocycles. The highest BCUT2D eigenvalue weighted by Gasteiger charge is 2.51. The summed E-state index contributed by atoms with van der Waals surface area (Å²) in [6, 6.07) is 19.0. The zero-order valence-electron chi connectivity index (χ0n) is 26.2. The van der Waals surface area contributed by atoms with Gasteiger partial charge in [0, 0.05) is 37.2 Å². The number of rotatable bonds is 10. The number of carbonyl (C=O) groups is 2. The van der Waals surface area contributed by atoms with Crippen LogP contribution in [0.2, 0.25) is 10.0 Å². The Hall–Kier alpha value is -3.46. The van der Waals surface area contributed by atoms with E-state index in [1.165, 1.54) is 0 Å². The van der Waals surface area contributed by atoms with Crippen LogP contribution in [0.4, 0.5) is 0 Å². The van der Waals surface area contributed by atoms with E-state index in [2.05, 4.69) is 11.8 Å². The van der Waals surface area contributed by atoms with E-state index in [1.807, 2.05) is 54.3 Å². The third kappa shape index (κ3) is 6.33. The van der Waals surface area contributed by atoms with Crippen LogP contribution in [0.3, 0.4) is 0 Å². The second-order valence-electron chi connectivity index (χ2n) is 11.9. The Morgan fingerprint density at radius 2 is 1.71 bits per heavy atom. The lowest BCUT2D eigenvalue weighted by molar-refractivity contribution is -0.126. The van der Waals surface area contributed by atoms with E-state index in [1.54, 1.807) is 32.4 Å². The molecule has 10 heteroatoms. The molecule has 4 atom stereocenters. The molecule has 8 nitrogen and oxygen atoms in total. The van der Waals surface area contributed by atoms with Gasteiger partial charge in [0.2, 0.25) is 11.7 Å². The molecule has 2 amide bonds. The van der Waals surface area contributed by atoms with Crippen LogP contribution in [0, 0.1) is 5.92 Å². The van der Waals surface area contributed by atoms with Crippen molar-refractivity contribution >= 4 is 35.0 Å². The number of carbonyl (C=O) groups excluding carboxylic acids is 2. The molecule has 2 fully saturated rings. The van der Waals surface area contributed by atoms with Crippen LogP contribution >= 0.6 is 23.2 Å². The van der Waals surface area contributed by atoms with Crippen molar-refractivity contribution in [2.24, 2.45) is 11.7 Å². The van der Waals surface area contributed by atoms with Crippen molar-refractivity contribution in [1.82, 2.24) is 9.80 Å². The first-order valence-electron chi connectivity index (χ1n) is 15.4. The van der Waals surface area contributed by atoms with Gasteiger partial charge in [0.15, 0.2) is 11.5 Å². The van der Waals surface area contributed by atoms with Gasteiger partial charge in [0.1, 0.15) is 0 Å². The molecule has 2 N–H and O–H groups in total. The smallest absolute Gasteiger partial charge is 0.254 e. The van der Waals surface area contributed by atoms with Crippen LogP contribution in [0.5, 0.6) is 17.2 Å². The molecular weight excluding hydrogens is 613 g/mol. The lowest BCUT2D eigenvalue weighted by atomic mass is 9.62. The summed E-state index contributed by atoms with van der Waals surface area (Å²) in [6.07, 6.45) is 1.43. The first-order chi connectivity index (χ1) is 21.6. The maximum Gasteiger partial charge on any atom is 0.254 e. The third-order valence-corrected chi connectivity index (χ3v) is 10.4. The second kappa shape index (κ2) is 13.9. The number of halogens is 2. The molecular formula is C35H41Cl2N3O5. The Morgan fingerprint density at radius 3 is 2.36 bits per heavy atom. The number of piperidine rings is 1. The van der Waals surface area contributed by atoms with E-state index < -0.39 is 5.41 Å². The zero-order valence-corrected chi connectivity index (χ0v) is 27.7. The maximum atomic E-state index is 13.7. The summed E-state index contributed by atoms with van der Waals surface area (Å²) in [4.78, 5) is 31.5. The number of likely N-dealkylation sites (tertiary alicyclic amines) is 2. The molecule has 3 aromatic rings. The van der Waals surface area contributed by atoms with E-state index in [4.69, 9.17) is 43.1 Å².